The van der Waals surface area contributed by atoms with Crippen molar-refractivity contribution in [3.63, 3.8) is 0 Å². The van der Waals surface area contributed by atoms with E-state index in [2.05, 4.69) is 0 Å². The predicted molar refractivity (Wildman–Crippen MR) is 113 cm³/mol. The van der Waals surface area contributed by atoms with Gasteiger partial charge in [-0.25, -0.2) is 4.39 Å². The third-order valence-corrected chi connectivity index (χ3v) is 6.10. The molecule has 152 valence electrons. The van der Waals surface area contributed by atoms with Crippen molar-refractivity contribution < 1.29 is 23.8 Å². The number of ether oxygens (including phenoxy) is 1. The Balaban J connectivity index is 1.96. The molecular weight excluding hydrogens is 405 g/mol. The molecular formula is C23H18FNO4S. The summed E-state index contributed by atoms with van der Waals surface area (Å²) in [5.74, 6) is -1.96. The number of thiophene rings is 1. The average Bonchev–Trinajstić information content (AvgIpc) is 3.28. The maximum absolute atomic E-state index is 13.9. The number of nitrogens with zero attached hydrogens (tertiary/aromatic N) is 1. The minimum atomic E-state index is -0.863. The molecule has 1 amide bonds. The number of halogens is 1. The van der Waals surface area contributed by atoms with Gasteiger partial charge in [0.25, 0.3) is 11.7 Å². The number of ketones is 1. The minimum Gasteiger partial charge on any atom is -0.507 e. The number of carbonyl (C=O) groups is 2. The second kappa shape index (κ2) is 7.76. The lowest BCUT2D eigenvalue weighted by molar-refractivity contribution is -0.132. The van der Waals surface area contributed by atoms with Crippen molar-refractivity contribution in [2.75, 3.05) is 12.0 Å². The van der Waals surface area contributed by atoms with Gasteiger partial charge >= 0.3 is 0 Å². The van der Waals surface area contributed by atoms with Crippen molar-refractivity contribution in [1.29, 1.82) is 0 Å². The summed E-state index contributed by atoms with van der Waals surface area (Å²) >= 11 is 1.37. The predicted octanol–water partition coefficient (Wildman–Crippen LogP) is 4.83. The van der Waals surface area contributed by atoms with E-state index in [1.165, 1.54) is 41.5 Å². The van der Waals surface area contributed by atoms with E-state index >= 15 is 0 Å². The van der Waals surface area contributed by atoms with Crippen LogP contribution in [0.2, 0.25) is 0 Å². The van der Waals surface area contributed by atoms with E-state index in [9.17, 15) is 19.1 Å². The number of rotatable bonds is 4. The average molecular weight is 423 g/mol. The Morgan fingerprint density at radius 1 is 1.13 bits per heavy atom. The Morgan fingerprint density at radius 2 is 1.90 bits per heavy atom. The number of hydrogen-bond donors (Lipinski definition) is 1. The van der Waals surface area contributed by atoms with Crippen LogP contribution in [-0.2, 0) is 9.59 Å². The van der Waals surface area contributed by atoms with Gasteiger partial charge in [0.15, 0.2) is 0 Å². The lowest BCUT2D eigenvalue weighted by Gasteiger charge is -2.25. The second-order valence-corrected chi connectivity index (χ2v) is 7.80. The molecule has 0 bridgehead atoms. The van der Waals surface area contributed by atoms with E-state index in [1.54, 1.807) is 30.3 Å². The van der Waals surface area contributed by atoms with Gasteiger partial charge in [0.1, 0.15) is 23.4 Å². The lowest BCUT2D eigenvalue weighted by atomic mass is 9.98. The summed E-state index contributed by atoms with van der Waals surface area (Å²) in [5, 5.41) is 12.9. The zero-order valence-corrected chi connectivity index (χ0v) is 17.1. The molecule has 0 saturated carbocycles. The van der Waals surface area contributed by atoms with Gasteiger partial charge in [0.2, 0.25) is 0 Å². The number of benzene rings is 2. The third-order valence-electron chi connectivity index (χ3n) is 5.02. The number of hydrogen-bond acceptors (Lipinski definition) is 5. The number of anilines is 1. The van der Waals surface area contributed by atoms with E-state index in [0.717, 1.165) is 10.4 Å². The smallest absolute Gasteiger partial charge is 0.300 e. The number of carbonyl (C=O) groups excluding carboxylic acids is 2. The number of Topliss-reactive ketones (excluding diaryl/α,β-unsaturated/α-hetero) is 1. The quantitative estimate of drug-likeness (QED) is 0.371. The molecule has 0 radical (unpaired) electrons. The molecule has 1 aromatic heterocycles. The van der Waals surface area contributed by atoms with E-state index in [4.69, 9.17) is 4.74 Å². The van der Waals surface area contributed by atoms with Gasteiger partial charge in [-0.1, -0.05) is 18.2 Å². The summed E-state index contributed by atoms with van der Waals surface area (Å²) in [6.45, 7) is 1.86. The first-order valence-electron chi connectivity index (χ1n) is 9.17. The lowest BCUT2D eigenvalue weighted by Crippen LogP contribution is -2.29. The maximum Gasteiger partial charge on any atom is 0.300 e. The Kier molecular flexibility index (Phi) is 5.13. The second-order valence-electron chi connectivity index (χ2n) is 6.85. The van der Waals surface area contributed by atoms with Crippen LogP contribution in [0.25, 0.3) is 5.76 Å². The maximum atomic E-state index is 13.9. The van der Waals surface area contributed by atoms with Crippen LogP contribution < -0.4 is 9.64 Å². The molecule has 5 nitrogen and oxygen atoms in total. The number of methoxy groups -OCH3 is 1. The molecule has 1 fully saturated rings. The molecule has 2 heterocycles. The van der Waals surface area contributed by atoms with E-state index in [0.29, 0.717) is 11.3 Å². The summed E-state index contributed by atoms with van der Waals surface area (Å²) in [6.07, 6.45) is 0. The molecule has 1 N–H and O–H groups in total. The summed E-state index contributed by atoms with van der Waals surface area (Å²) in [4.78, 5) is 28.0. The third kappa shape index (κ3) is 3.27. The highest BCUT2D eigenvalue weighted by atomic mass is 32.1. The van der Waals surface area contributed by atoms with Gasteiger partial charge in [-0.05, 0) is 54.3 Å². The van der Waals surface area contributed by atoms with Crippen molar-refractivity contribution >= 4 is 34.5 Å². The molecule has 0 aliphatic carbocycles. The largest absolute Gasteiger partial charge is 0.507 e. The highest BCUT2D eigenvalue weighted by molar-refractivity contribution is 7.10. The number of aliphatic hydroxyl groups excluding tert-OH is 1. The standard InChI is InChI=1S/C23H18FNO4S/c1-13-9-10-30-22(13)19-18(20(26)14-5-3-8-17(11-14)29-2)21(27)23(28)25(19)16-7-4-6-15(24)12-16/h3-12,19,26H,1-2H3/b20-18-. The zero-order chi connectivity index (χ0) is 21.4. The fraction of sp³-hybridized carbons (Fsp3) is 0.130. The fourth-order valence-electron chi connectivity index (χ4n) is 3.56. The van der Waals surface area contributed by atoms with Crippen molar-refractivity contribution in [2.24, 2.45) is 0 Å². The Bertz CT molecular complexity index is 1180. The molecule has 1 aliphatic rings. The van der Waals surface area contributed by atoms with Gasteiger partial charge in [-0.3, -0.25) is 14.5 Å². The van der Waals surface area contributed by atoms with Gasteiger partial charge in [-0.2, -0.15) is 0 Å². The van der Waals surface area contributed by atoms with Crippen LogP contribution >= 0.6 is 11.3 Å². The number of amides is 1. The zero-order valence-electron chi connectivity index (χ0n) is 16.3. The first-order chi connectivity index (χ1) is 14.4. The van der Waals surface area contributed by atoms with Crippen LogP contribution in [-0.4, -0.2) is 23.9 Å². The van der Waals surface area contributed by atoms with Gasteiger partial charge in [0, 0.05) is 16.1 Å². The van der Waals surface area contributed by atoms with Crippen molar-refractivity contribution in [3.05, 3.63) is 87.4 Å². The van der Waals surface area contributed by atoms with Gasteiger partial charge in [-0.15, -0.1) is 11.3 Å². The van der Waals surface area contributed by atoms with E-state index in [-0.39, 0.29) is 17.0 Å². The molecule has 1 atom stereocenters. The van der Waals surface area contributed by atoms with Crippen LogP contribution in [0.15, 0.2) is 65.6 Å². The van der Waals surface area contributed by atoms with Crippen molar-refractivity contribution in [3.8, 4) is 5.75 Å². The van der Waals surface area contributed by atoms with Crippen LogP contribution in [0.1, 0.15) is 22.0 Å². The summed E-state index contributed by atoms with van der Waals surface area (Å²) in [5.41, 5.74) is 1.43. The monoisotopic (exact) mass is 423 g/mol. The Labute approximate surface area is 176 Å². The molecule has 3 aromatic rings. The molecule has 1 saturated heterocycles. The van der Waals surface area contributed by atoms with Crippen molar-refractivity contribution in [1.82, 2.24) is 0 Å². The molecule has 7 heteroatoms. The first-order valence-corrected chi connectivity index (χ1v) is 10.1. The van der Waals surface area contributed by atoms with Crippen LogP contribution in [0, 0.1) is 12.7 Å². The minimum absolute atomic E-state index is 0.0388. The summed E-state index contributed by atoms with van der Waals surface area (Å²) in [6, 6.07) is 13.1. The van der Waals surface area contributed by atoms with E-state index in [1.807, 2.05) is 18.4 Å². The fourth-order valence-corrected chi connectivity index (χ4v) is 4.59. The molecule has 2 aromatic carbocycles. The number of aryl methyl sites for hydroxylation is 1. The topological polar surface area (TPSA) is 66.8 Å². The summed E-state index contributed by atoms with van der Waals surface area (Å²) < 4.78 is 19.1. The highest BCUT2D eigenvalue weighted by Crippen LogP contribution is 2.45. The van der Waals surface area contributed by atoms with Crippen molar-refractivity contribution in [2.45, 2.75) is 13.0 Å². The van der Waals surface area contributed by atoms with E-state index < -0.39 is 23.5 Å². The SMILES string of the molecule is COc1cccc(/C(O)=C2/C(=O)C(=O)N(c3cccc(F)c3)C2c2sccc2C)c1. The van der Waals surface area contributed by atoms with Crippen LogP contribution in [0.5, 0.6) is 5.75 Å². The molecule has 1 aliphatic heterocycles. The number of aliphatic hydroxyl groups is 1. The van der Waals surface area contributed by atoms with Gasteiger partial charge < -0.3 is 9.84 Å². The Hall–Kier alpha value is -3.45. The Morgan fingerprint density at radius 3 is 2.57 bits per heavy atom. The highest BCUT2D eigenvalue weighted by Gasteiger charge is 2.48. The summed E-state index contributed by atoms with van der Waals surface area (Å²) in [7, 11) is 1.50. The molecule has 1 unspecified atom stereocenters. The van der Waals surface area contributed by atoms with Crippen LogP contribution in [0.3, 0.4) is 0 Å². The van der Waals surface area contributed by atoms with Crippen LogP contribution in [0.4, 0.5) is 10.1 Å². The molecule has 4 rings (SSSR count). The molecule has 30 heavy (non-hydrogen) atoms. The van der Waals surface area contributed by atoms with Gasteiger partial charge in [0.05, 0.1) is 12.7 Å². The normalized spacial score (nSPS) is 18.1. The first kappa shape index (κ1) is 19.8. The molecule has 0 spiro atoms.